The first kappa shape index (κ1) is 26.3. The summed E-state index contributed by atoms with van der Waals surface area (Å²) in [5.74, 6) is 0.701. The van der Waals surface area contributed by atoms with E-state index < -0.39 is 17.8 Å². The van der Waals surface area contributed by atoms with Gasteiger partial charge in [0.25, 0.3) is 5.91 Å². The zero-order chi connectivity index (χ0) is 26.0. The van der Waals surface area contributed by atoms with Gasteiger partial charge in [0.1, 0.15) is 24.4 Å². The van der Waals surface area contributed by atoms with E-state index in [4.69, 9.17) is 9.40 Å². The number of unbranched alkanes of at least 4 members (excludes halogenated alkanes) is 2. The van der Waals surface area contributed by atoms with Crippen molar-refractivity contribution in [1.29, 1.82) is 0 Å². The molecule has 1 aliphatic rings. The fourth-order valence-corrected chi connectivity index (χ4v) is 5.97. The SMILES string of the molecule is CNC(=O)c1c(-c2ccc(C)cc2)oc2nc(N(CCCCC[P+](C)=O)S(C)(=O)=O)c(C3CC3)cc12. The van der Waals surface area contributed by atoms with Crippen LogP contribution in [-0.4, -0.2) is 52.0 Å². The summed E-state index contributed by atoms with van der Waals surface area (Å²) in [4.78, 5) is 17.7. The number of furan rings is 1. The molecule has 0 spiro atoms. The largest absolute Gasteiger partial charge is 0.437 e. The Hall–Kier alpha value is -2.77. The number of hydrogen-bond acceptors (Lipinski definition) is 6. The van der Waals surface area contributed by atoms with E-state index in [1.54, 1.807) is 13.7 Å². The van der Waals surface area contributed by atoms with Crippen LogP contribution in [0.5, 0.6) is 0 Å². The molecule has 8 nitrogen and oxygen atoms in total. The lowest BCUT2D eigenvalue weighted by Crippen LogP contribution is -2.32. The first-order valence-corrected chi connectivity index (χ1v) is 16.0. The second-order valence-corrected chi connectivity index (χ2v) is 13.1. The molecule has 36 heavy (non-hydrogen) atoms. The highest BCUT2D eigenvalue weighted by molar-refractivity contribution is 7.92. The first-order valence-electron chi connectivity index (χ1n) is 12.2. The maximum absolute atomic E-state index is 12.9. The van der Waals surface area contributed by atoms with E-state index in [0.29, 0.717) is 35.1 Å². The van der Waals surface area contributed by atoms with E-state index in [1.165, 1.54) is 10.6 Å². The number of pyridine rings is 1. The number of carbonyl (C=O) groups excluding carboxylic acids is 1. The number of hydrogen-bond donors (Lipinski definition) is 1. The molecule has 3 aromatic rings. The molecule has 1 saturated carbocycles. The third-order valence-corrected chi connectivity index (χ3v) is 8.55. The van der Waals surface area contributed by atoms with Crippen molar-refractivity contribution in [3.05, 3.63) is 47.0 Å². The lowest BCUT2D eigenvalue weighted by molar-refractivity contribution is 0.0964. The maximum atomic E-state index is 12.9. The molecule has 1 unspecified atom stereocenters. The predicted molar refractivity (Wildman–Crippen MR) is 144 cm³/mol. The number of nitrogens with one attached hydrogen (secondary N) is 1. The van der Waals surface area contributed by atoms with E-state index in [-0.39, 0.29) is 24.1 Å². The molecule has 0 radical (unpaired) electrons. The molecule has 2 aromatic heterocycles. The first-order chi connectivity index (χ1) is 17.1. The van der Waals surface area contributed by atoms with Gasteiger partial charge in [-0.3, -0.25) is 9.10 Å². The third-order valence-electron chi connectivity index (χ3n) is 6.45. The number of anilines is 1. The van der Waals surface area contributed by atoms with Crippen LogP contribution in [0.1, 0.15) is 59.5 Å². The minimum absolute atomic E-state index is 0.195. The van der Waals surface area contributed by atoms with Gasteiger partial charge in [0, 0.05) is 19.2 Å². The van der Waals surface area contributed by atoms with Crippen LogP contribution >= 0.6 is 7.80 Å². The summed E-state index contributed by atoms with van der Waals surface area (Å²) in [6.07, 6.45) is 5.92. The van der Waals surface area contributed by atoms with Crippen LogP contribution in [0.15, 0.2) is 34.7 Å². The Labute approximate surface area is 213 Å². The molecular weight excluding hydrogens is 497 g/mol. The molecule has 4 rings (SSSR count). The zero-order valence-corrected chi connectivity index (χ0v) is 22.9. The average molecular weight is 531 g/mol. The van der Waals surface area contributed by atoms with Gasteiger partial charge in [-0.05, 0) is 56.6 Å². The highest BCUT2D eigenvalue weighted by atomic mass is 32.2. The summed E-state index contributed by atoms with van der Waals surface area (Å²) in [6, 6.07) is 9.58. The van der Waals surface area contributed by atoms with Crippen molar-refractivity contribution >= 4 is 40.6 Å². The fourth-order valence-electron chi connectivity index (χ4n) is 4.38. The van der Waals surface area contributed by atoms with Crippen molar-refractivity contribution < 1.29 is 22.2 Å². The number of carbonyl (C=O) groups is 1. The van der Waals surface area contributed by atoms with Gasteiger partial charge in [-0.25, -0.2) is 8.42 Å². The van der Waals surface area contributed by atoms with Gasteiger partial charge >= 0.3 is 7.80 Å². The van der Waals surface area contributed by atoms with Crippen LogP contribution in [0.2, 0.25) is 0 Å². The summed E-state index contributed by atoms with van der Waals surface area (Å²) in [5, 5.41) is 3.28. The van der Waals surface area contributed by atoms with Gasteiger partial charge in [0.05, 0.1) is 17.2 Å². The molecule has 1 N–H and O–H groups in total. The van der Waals surface area contributed by atoms with Crippen LogP contribution < -0.4 is 9.62 Å². The highest BCUT2D eigenvalue weighted by Gasteiger charge is 2.34. The van der Waals surface area contributed by atoms with Gasteiger partial charge in [0.2, 0.25) is 15.7 Å². The van der Waals surface area contributed by atoms with Crippen molar-refractivity contribution in [2.75, 3.05) is 37.0 Å². The van der Waals surface area contributed by atoms with Crippen molar-refractivity contribution in [2.24, 2.45) is 0 Å². The van der Waals surface area contributed by atoms with Gasteiger partial charge in [-0.1, -0.05) is 34.4 Å². The van der Waals surface area contributed by atoms with Crippen LogP contribution in [0.25, 0.3) is 22.4 Å². The van der Waals surface area contributed by atoms with Crippen LogP contribution in [0.3, 0.4) is 0 Å². The fraction of sp³-hybridized carbons (Fsp3) is 0.462. The van der Waals surface area contributed by atoms with E-state index in [9.17, 15) is 17.8 Å². The van der Waals surface area contributed by atoms with Gasteiger partial charge < -0.3 is 9.73 Å². The molecule has 1 fully saturated rings. The summed E-state index contributed by atoms with van der Waals surface area (Å²) in [7, 11) is -3.23. The second kappa shape index (κ2) is 10.7. The summed E-state index contributed by atoms with van der Waals surface area (Å²) in [5.41, 5.74) is 3.30. The molecule has 1 aromatic carbocycles. The number of benzene rings is 1. The molecule has 2 heterocycles. The van der Waals surface area contributed by atoms with E-state index in [0.717, 1.165) is 42.4 Å². The Kier molecular flexibility index (Phi) is 7.81. The lowest BCUT2D eigenvalue weighted by atomic mass is 10.0. The highest BCUT2D eigenvalue weighted by Crippen LogP contribution is 2.46. The standard InChI is InChI=1S/C26H32N3O5PS/c1-17-8-10-19(11-9-17)23-22(25(30)27-2)21-16-20(18-12-13-18)24(28-26(21)34-23)29(36(4,32)33)14-6-5-7-15-35(3)31/h8-11,16,18H,5-7,12-15H2,1-4H3/p+1. The molecule has 0 aliphatic heterocycles. The minimum atomic E-state index is -3.61. The summed E-state index contributed by atoms with van der Waals surface area (Å²) >= 11 is 0. The monoisotopic (exact) mass is 530 g/mol. The molecule has 1 aliphatic carbocycles. The smallest absolute Gasteiger partial charge is 0.335 e. The number of rotatable bonds is 11. The van der Waals surface area contributed by atoms with E-state index >= 15 is 0 Å². The number of aryl methyl sites for hydroxylation is 1. The number of nitrogens with zero attached hydrogens (tertiary/aromatic N) is 2. The Morgan fingerprint density at radius 3 is 2.47 bits per heavy atom. The normalized spacial score (nSPS) is 14.2. The Balaban J connectivity index is 1.81. The van der Waals surface area contributed by atoms with Crippen molar-refractivity contribution in [3.63, 3.8) is 0 Å². The average Bonchev–Trinajstić information content (AvgIpc) is 3.60. The summed E-state index contributed by atoms with van der Waals surface area (Å²) < 4.78 is 44.6. The zero-order valence-electron chi connectivity index (χ0n) is 21.2. The third kappa shape index (κ3) is 5.79. The number of fused-ring (bicyclic) bond motifs is 1. The molecule has 0 saturated heterocycles. The Bertz CT molecular complexity index is 1400. The minimum Gasteiger partial charge on any atom is -0.437 e. The second-order valence-electron chi connectivity index (χ2n) is 9.53. The molecule has 0 bridgehead atoms. The van der Waals surface area contributed by atoms with Gasteiger partial charge in [0.15, 0.2) is 0 Å². The van der Waals surface area contributed by atoms with Crippen LogP contribution in [-0.2, 0) is 14.6 Å². The molecule has 1 amide bonds. The van der Waals surface area contributed by atoms with Gasteiger partial charge in [-0.15, -0.1) is 0 Å². The lowest BCUT2D eigenvalue weighted by Gasteiger charge is -2.23. The van der Waals surface area contributed by atoms with Crippen LogP contribution in [0.4, 0.5) is 5.82 Å². The van der Waals surface area contributed by atoms with Crippen molar-refractivity contribution in [1.82, 2.24) is 10.3 Å². The Morgan fingerprint density at radius 1 is 1.19 bits per heavy atom. The summed E-state index contributed by atoms with van der Waals surface area (Å²) in [6.45, 7) is 3.98. The number of amides is 1. The topological polar surface area (TPSA) is 110 Å². The number of sulfonamides is 1. The number of aromatic nitrogens is 1. The predicted octanol–water partition coefficient (Wildman–Crippen LogP) is 5.43. The van der Waals surface area contributed by atoms with Crippen molar-refractivity contribution in [2.45, 2.75) is 44.9 Å². The van der Waals surface area contributed by atoms with E-state index in [2.05, 4.69) is 5.32 Å². The molecular formula is C26H33N3O5PS+. The van der Waals surface area contributed by atoms with Crippen molar-refractivity contribution in [3.8, 4) is 11.3 Å². The maximum Gasteiger partial charge on any atom is 0.335 e. The van der Waals surface area contributed by atoms with Gasteiger partial charge in [-0.2, -0.15) is 4.98 Å². The van der Waals surface area contributed by atoms with E-state index in [1.807, 2.05) is 37.3 Å². The molecule has 10 heteroatoms. The molecule has 1 atom stereocenters. The molecule has 192 valence electrons. The van der Waals surface area contributed by atoms with Crippen LogP contribution in [0, 0.1) is 6.92 Å². The Morgan fingerprint density at radius 2 is 1.89 bits per heavy atom. The quantitative estimate of drug-likeness (QED) is 0.261.